The maximum Gasteiger partial charge on any atom is 0.323 e. The van der Waals surface area contributed by atoms with E-state index in [0.717, 1.165) is 31.4 Å². The lowest BCUT2D eigenvalue weighted by atomic mass is 9.98. The molecular formula is C21H22ClN3O3. The van der Waals surface area contributed by atoms with Gasteiger partial charge in [-0.15, -0.1) is 0 Å². The van der Waals surface area contributed by atoms with E-state index in [0.29, 0.717) is 28.7 Å². The van der Waals surface area contributed by atoms with Crippen molar-refractivity contribution in [1.29, 1.82) is 0 Å². The lowest BCUT2D eigenvalue weighted by Crippen LogP contribution is -2.36. The van der Waals surface area contributed by atoms with Gasteiger partial charge >= 0.3 is 6.03 Å². The van der Waals surface area contributed by atoms with E-state index in [1.165, 1.54) is 12.7 Å². The van der Waals surface area contributed by atoms with Gasteiger partial charge in [0.25, 0.3) is 0 Å². The third kappa shape index (κ3) is 4.07. The third-order valence-corrected chi connectivity index (χ3v) is 5.36. The van der Waals surface area contributed by atoms with Crippen LogP contribution in [0.25, 0.3) is 0 Å². The Hall–Kier alpha value is -2.73. The van der Waals surface area contributed by atoms with Crippen molar-refractivity contribution < 1.29 is 14.3 Å². The van der Waals surface area contributed by atoms with Crippen LogP contribution in [-0.4, -0.2) is 30.5 Å². The van der Waals surface area contributed by atoms with Gasteiger partial charge in [-0.1, -0.05) is 17.7 Å². The summed E-state index contributed by atoms with van der Waals surface area (Å²) in [6, 6.07) is 10.5. The predicted octanol–water partition coefficient (Wildman–Crippen LogP) is 4.29. The largest absolute Gasteiger partial charge is 0.495 e. The second-order valence-electron chi connectivity index (χ2n) is 7.19. The number of urea groups is 1. The first-order valence-electron chi connectivity index (χ1n) is 9.35. The van der Waals surface area contributed by atoms with Crippen LogP contribution in [0, 0.1) is 5.92 Å². The van der Waals surface area contributed by atoms with Crippen molar-refractivity contribution in [3.05, 3.63) is 52.5 Å². The van der Waals surface area contributed by atoms with Gasteiger partial charge in [0.1, 0.15) is 5.75 Å². The first-order valence-corrected chi connectivity index (χ1v) is 9.73. The molecule has 1 aliphatic heterocycles. The van der Waals surface area contributed by atoms with E-state index in [1.807, 2.05) is 23.1 Å². The number of hydrogen-bond donors (Lipinski definition) is 2. The molecule has 1 fully saturated rings. The molecule has 1 heterocycles. The van der Waals surface area contributed by atoms with Gasteiger partial charge < -0.3 is 20.3 Å². The Morgan fingerprint density at radius 2 is 1.93 bits per heavy atom. The zero-order valence-corrected chi connectivity index (χ0v) is 16.4. The van der Waals surface area contributed by atoms with Crippen LogP contribution in [0.2, 0.25) is 5.02 Å². The Labute approximate surface area is 168 Å². The first kappa shape index (κ1) is 18.6. The van der Waals surface area contributed by atoms with Crippen molar-refractivity contribution in [3.63, 3.8) is 0 Å². The number of nitrogens with one attached hydrogen (secondary N) is 2. The van der Waals surface area contributed by atoms with Gasteiger partial charge in [0.05, 0.1) is 12.8 Å². The Morgan fingerprint density at radius 3 is 2.68 bits per heavy atom. The Kier molecular flexibility index (Phi) is 5.13. The molecule has 4 rings (SSSR count). The molecule has 28 heavy (non-hydrogen) atoms. The molecule has 0 bridgehead atoms. The predicted molar refractivity (Wildman–Crippen MR) is 109 cm³/mol. The van der Waals surface area contributed by atoms with Gasteiger partial charge in [-0.05, 0) is 60.7 Å². The summed E-state index contributed by atoms with van der Waals surface area (Å²) in [5, 5.41) is 6.10. The molecule has 2 aromatic rings. The Balaban J connectivity index is 1.44. The fourth-order valence-electron chi connectivity index (χ4n) is 3.47. The van der Waals surface area contributed by atoms with E-state index < -0.39 is 0 Å². The highest BCUT2D eigenvalue weighted by molar-refractivity contribution is 6.31. The van der Waals surface area contributed by atoms with Crippen LogP contribution in [0.5, 0.6) is 5.75 Å². The number of halogens is 1. The van der Waals surface area contributed by atoms with Crippen LogP contribution in [0.15, 0.2) is 36.4 Å². The van der Waals surface area contributed by atoms with Crippen molar-refractivity contribution in [2.75, 3.05) is 24.3 Å². The molecule has 0 atom stereocenters. The van der Waals surface area contributed by atoms with Gasteiger partial charge in [0, 0.05) is 29.7 Å². The fraction of sp³-hybridized carbons (Fsp3) is 0.333. The lowest BCUT2D eigenvalue weighted by Gasteiger charge is -2.29. The van der Waals surface area contributed by atoms with E-state index >= 15 is 0 Å². The molecule has 0 spiro atoms. The summed E-state index contributed by atoms with van der Waals surface area (Å²) in [7, 11) is 1.53. The highest BCUT2D eigenvalue weighted by Gasteiger charge is 2.34. The number of rotatable bonds is 4. The summed E-state index contributed by atoms with van der Waals surface area (Å²) in [5.74, 6) is 1.01. The van der Waals surface area contributed by atoms with E-state index in [1.54, 1.807) is 18.2 Å². The topological polar surface area (TPSA) is 70.7 Å². The second-order valence-corrected chi connectivity index (χ2v) is 7.63. The van der Waals surface area contributed by atoms with E-state index in [-0.39, 0.29) is 17.9 Å². The molecule has 2 aromatic carbocycles. The summed E-state index contributed by atoms with van der Waals surface area (Å²) in [6.07, 6.45) is 2.87. The zero-order chi connectivity index (χ0) is 19.7. The maximum atomic E-state index is 12.4. The minimum Gasteiger partial charge on any atom is -0.495 e. The van der Waals surface area contributed by atoms with Crippen molar-refractivity contribution in [3.8, 4) is 5.75 Å². The van der Waals surface area contributed by atoms with Gasteiger partial charge in [0.15, 0.2) is 0 Å². The monoisotopic (exact) mass is 399 g/mol. The van der Waals surface area contributed by atoms with Crippen LogP contribution >= 0.6 is 11.6 Å². The molecule has 1 aliphatic carbocycles. The molecule has 0 aromatic heterocycles. The first-order chi connectivity index (χ1) is 13.5. The average Bonchev–Trinajstić information content (AvgIpc) is 3.52. The molecule has 0 saturated heterocycles. The van der Waals surface area contributed by atoms with Crippen molar-refractivity contribution >= 4 is 34.9 Å². The highest BCUT2D eigenvalue weighted by atomic mass is 35.5. The highest BCUT2D eigenvalue weighted by Crippen LogP contribution is 2.33. The number of methoxy groups -OCH3 is 1. The maximum absolute atomic E-state index is 12.4. The van der Waals surface area contributed by atoms with Gasteiger partial charge in [-0.2, -0.15) is 0 Å². The lowest BCUT2D eigenvalue weighted by molar-refractivity contribution is -0.133. The summed E-state index contributed by atoms with van der Waals surface area (Å²) in [4.78, 5) is 26.7. The fourth-order valence-corrected chi connectivity index (χ4v) is 3.65. The van der Waals surface area contributed by atoms with Gasteiger partial charge in [0.2, 0.25) is 5.91 Å². The molecule has 2 aliphatic rings. The molecule has 1 saturated carbocycles. The van der Waals surface area contributed by atoms with Crippen molar-refractivity contribution in [1.82, 2.24) is 4.90 Å². The molecule has 7 heteroatoms. The van der Waals surface area contributed by atoms with E-state index in [4.69, 9.17) is 16.3 Å². The standard InChI is InChI=1S/C21H22ClN3O3/c1-28-19-7-5-16(22)11-18(19)24-21(27)23-17-6-4-13-8-9-25(12-15(13)10-17)20(26)14-2-3-14/h4-7,10-11,14H,2-3,8-9,12H2,1H3,(H2,23,24,27). The number of hydrogen-bond acceptors (Lipinski definition) is 3. The molecule has 0 radical (unpaired) electrons. The molecule has 0 unspecified atom stereocenters. The summed E-state index contributed by atoms with van der Waals surface area (Å²) in [6.45, 7) is 1.37. The molecular weight excluding hydrogens is 378 g/mol. The zero-order valence-electron chi connectivity index (χ0n) is 15.6. The number of anilines is 2. The Morgan fingerprint density at radius 1 is 1.11 bits per heavy atom. The molecule has 146 valence electrons. The number of amides is 3. The number of nitrogens with zero attached hydrogens (tertiary/aromatic N) is 1. The SMILES string of the molecule is COc1ccc(Cl)cc1NC(=O)Nc1ccc2c(c1)CN(C(=O)C1CC1)CC2. The van der Waals surface area contributed by atoms with E-state index in [9.17, 15) is 9.59 Å². The Bertz CT molecular complexity index is 927. The van der Waals surface area contributed by atoms with Crippen molar-refractivity contribution in [2.45, 2.75) is 25.8 Å². The van der Waals surface area contributed by atoms with E-state index in [2.05, 4.69) is 10.6 Å². The number of ether oxygens (including phenoxy) is 1. The normalized spacial score (nSPS) is 15.6. The summed E-state index contributed by atoms with van der Waals surface area (Å²) in [5.41, 5.74) is 3.48. The number of carbonyl (C=O) groups is 2. The van der Waals surface area contributed by atoms with Gasteiger partial charge in [-0.3, -0.25) is 4.79 Å². The number of carbonyl (C=O) groups excluding carboxylic acids is 2. The second kappa shape index (κ2) is 7.72. The third-order valence-electron chi connectivity index (χ3n) is 5.12. The minimum atomic E-state index is -0.387. The number of benzene rings is 2. The van der Waals surface area contributed by atoms with Crippen molar-refractivity contribution in [2.24, 2.45) is 5.92 Å². The smallest absolute Gasteiger partial charge is 0.323 e. The molecule has 2 N–H and O–H groups in total. The summed E-state index contributed by atoms with van der Waals surface area (Å²) < 4.78 is 5.25. The quantitative estimate of drug-likeness (QED) is 0.805. The van der Waals surface area contributed by atoms with Gasteiger partial charge in [-0.25, -0.2) is 4.79 Å². The van der Waals surface area contributed by atoms with Crippen LogP contribution in [0.1, 0.15) is 24.0 Å². The minimum absolute atomic E-state index is 0.223. The molecule has 6 nitrogen and oxygen atoms in total. The van der Waals surface area contributed by atoms with Crippen LogP contribution in [0.3, 0.4) is 0 Å². The van der Waals surface area contributed by atoms with Crippen LogP contribution < -0.4 is 15.4 Å². The average molecular weight is 400 g/mol. The molecule has 3 amide bonds. The number of fused-ring (bicyclic) bond motifs is 1. The van der Waals surface area contributed by atoms with Crippen LogP contribution in [-0.2, 0) is 17.8 Å². The summed E-state index contributed by atoms with van der Waals surface area (Å²) >= 11 is 6.00. The van der Waals surface area contributed by atoms with Crippen LogP contribution in [0.4, 0.5) is 16.2 Å².